The molecule has 0 bridgehead atoms. The Bertz CT molecular complexity index is 410. The van der Waals surface area contributed by atoms with Crippen LogP contribution in [-0.4, -0.2) is 11.0 Å². The van der Waals surface area contributed by atoms with E-state index in [9.17, 15) is 4.79 Å². The first-order valence-corrected chi connectivity index (χ1v) is 5.74. The fourth-order valence-electron chi connectivity index (χ4n) is 1.36. The van der Waals surface area contributed by atoms with Gasteiger partial charge in [0.25, 0.3) is 0 Å². The molecule has 0 heterocycles. The molecule has 2 rings (SSSR count). The molecule has 84 valence electrons. The van der Waals surface area contributed by atoms with Crippen molar-refractivity contribution in [1.29, 1.82) is 0 Å². The molecular weight excluding hydrogens is 220 g/mol. The van der Waals surface area contributed by atoms with Gasteiger partial charge in [-0.15, -0.1) is 0 Å². The van der Waals surface area contributed by atoms with Crippen molar-refractivity contribution >= 4 is 28.9 Å². The number of carbonyl (C=O) groups excluding carboxylic acids is 1. The van der Waals surface area contributed by atoms with Crippen LogP contribution < -0.4 is 10.6 Å². The molecule has 2 N–H and O–H groups in total. The monoisotopic (exact) mass is 234 g/mol. The average Bonchev–Trinajstić information content (AvgIpc) is 3.04. The van der Waals surface area contributed by atoms with E-state index < -0.39 is 0 Å². The maximum atomic E-state index is 11.4. The third-order valence-corrected chi connectivity index (χ3v) is 2.70. The van der Waals surface area contributed by atoms with Gasteiger partial charge in [0.05, 0.1) is 0 Å². The first-order chi connectivity index (χ1) is 7.65. The minimum Gasteiger partial charge on any atom is -0.332 e. The molecule has 0 aromatic heterocycles. The highest BCUT2D eigenvalue weighted by Gasteiger charge is 2.29. The Hall–Kier alpha value is -1.42. The highest BCUT2D eigenvalue weighted by Crippen LogP contribution is 2.28. The molecule has 1 aromatic carbocycles. The summed E-state index contributed by atoms with van der Waals surface area (Å²) in [5.74, 6) is 0.211. The summed E-state index contributed by atoms with van der Waals surface area (Å²) in [6.45, 7) is 2.02. The lowest BCUT2D eigenvalue weighted by Crippen LogP contribution is -2.35. The standard InChI is InChI=1S/C12H14N2OS/c1-8-2-6-10(7-3-8)13-12(16)14-11(15)9-4-5-9/h2-3,6-7,9H,4-5H2,1H3,(H2,13,14,15,16). The number of amides is 1. The van der Waals surface area contributed by atoms with Crippen molar-refractivity contribution < 1.29 is 4.79 Å². The van der Waals surface area contributed by atoms with E-state index in [1.807, 2.05) is 31.2 Å². The van der Waals surface area contributed by atoms with E-state index in [-0.39, 0.29) is 11.8 Å². The van der Waals surface area contributed by atoms with Gasteiger partial charge in [-0.25, -0.2) is 0 Å². The molecule has 1 saturated carbocycles. The lowest BCUT2D eigenvalue weighted by Gasteiger charge is -2.09. The van der Waals surface area contributed by atoms with Crippen LogP contribution in [0.2, 0.25) is 0 Å². The van der Waals surface area contributed by atoms with Crippen LogP contribution in [0.4, 0.5) is 5.69 Å². The maximum Gasteiger partial charge on any atom is 0.229 e. The van der Waals surface area contributed by atoms with Gasteiger partial charge in [-0.2, -0.15) is 0 Å². The zero-order valence-corrected chi connectivity index (χ0v) is 9.93. The highest BCUT2D eigenvalue weighted by atomic mass is 32.1. The molecule has 0 saturated heterocycles. The first-order valence-electron chi connectivity index (χ1n) is 5.33. The van der Waals surface area contributed by atoms with Gasteiger partial charge in [0.2, 0.25) is 5.91 Å². The number of hydrogen-bond acceptors (Lipinski definition) is 2. The maximum absolute atomic E-state index is 11.4. The van der Waals surface area contributed by atoms with Crippen molar-refractivity contribution in [1.82, 2.24) is 5.32 Å². The van der Waals surface area contributed by atoms with Gasteiger partial charge < -0.3 is 10.6 Å². The first kappa shape index (κ1) is 11.1. The van der Waals surface area contributed by atoms with Gasteiger partial charge in [0.1, 0.15) is 0 Å². The fourth-order valence-corrected chi connectivity index (χ4v) is 1.58. The molecular formula is C12H14N2OS. The SMILES string of the molecule is Cc1ccc(NC(=S)NC(=O)C2CC2)cc1. The highest BCUT2D eigenvalue weighted by molar-refractivity contribution is 7.80. The van der Waals surface area contributed by atoms with Crippen LogP contribution in [0.5, 0.6) is 0 Å². The smallest absolute Gasteiger partial charge is 0.229 e. The van der Waals surface area contributed by atoms with Crippen LogP contribution in [0.25, 0.3) is 0 Å². The molecule has 0 aliphatic heterocycles. The molecule has 1 aliphatic carbocycles. The Labute approximate surface area is 100 Å². The van der Waals surface area contributed by atoms with Gasteiger partial charge in [-0.05, 0) is 44.1 Å². The van der Waals surface area contributed by atoms with Crippen LogP contribution in [0, 0.1) is 12.8 Å². The summed E-state index contributed by atoms with van der Waals surface area (Å²) in [7, 11) is 0. The second-order valence-corrected chi connectivity index (χ2v) is 4.49. The van der Waals surface area contributed by atoms with Gasteiger partial charge in [0.15, 0.2) is 5.11 Å². The third kappa shape index (κ3) is 3.03. The van der Waals surface area contributed by atoms with Crippen molar-refractivity contribution in [3.05, 3.63) is 29.8 Å². The van der Waals surface area contributed by atoms with E-state index in [4.69, 9.17) is 12.2 Å². The van der Waals surface area contributed by atoms with Gasteiger partial charge >= 0.3 is 0 Å². The number of benzene rings is 1. The summed E-state index contributed by atoms with van der Waals surface area (Å²) in [5, 5.41) is 6.04. The summed E-state index contributed by atoms with van der Waals surface area (Å²) >= 11 is 5.05. The molecule has 0 spiro atoms. The van der Waals surface area contributed by atoms with Crippen molar-refractivity contribution in [3.8, 4) is 0 Å². The van der Waals surface area contributed by atoms with E-state index in [0.29, 0.717) is 5.11 Å². The molecule has 0 radical (unpaired) electrons. The predicted molar refractivity (Wildman–Crippen MR) is 68.3 cm³/mol. The summed E-state index contributed by atoms with van der Waals surface area (Å²) in [4.78, 5) is 11.4. The number of aryl methyl sites for hydroxylation is 1. The van der Waals surface area contributed by atoms with Crippen molar-refractivity contribution in [3.63, 3.8) is 0 Å². The number of hydrogen-bond donors (Lipinski definition) is 2. The zero-order valence-electron chi connectivity index (χ0n) is 9.12. The van der Waals surface area contributed by atoms with Crippen LogP contribution in [0.1, 0.15) is 18.4 Å². The molecule has 3 nitrogen and oxygen atoms in total. The summed E-state index contributed by atoms with van der Waals surface area (Å²) < 4.78 is 0. The lowest BCUT2D eigenvalue weighted by molar-refractivity contribution is -0.120. The second kappa shape index (κ2) is 4.61. The molecule has 1 fully saturated rings. The topological polar surface area (TPSA) is 41.1 Å². The summed E-state index contributed by atoms with van der Waals surface area (Å²) in [6.07, 6.45) is 1.97. The molecule has 1 amide bonds. The Kier molecular flexibility index (Phi) is 3.19. The van der Waals surface area contributed by atoms with Crippen molar-refractivity contribution in [2.45, 2.75) is 19.8 Å². The molecule has 4 heteroatoms. The quantitative estimate of drug-likeness (QED) is 0.771. The van der Waals surface area contributed by atoms with Crippen LogP contribution >= 0.6 is 12.2 Å². The normalized spacial score (nSPS) is 14.3. The molecule has 16 heavy (non-hydrogen) atoms. The minimum absolute atomic E-state index is 0.0320. The fraction of sp³-hybridized carbons (Fsp3) is 0.333. The lowest BCUT2D eigenvalue weighted by atomic mass is 10.2. The number of thiocarbonyl (C=S) groups is 1. The Balaban J connectivity index is 1.86. The minimum atomic E-state index is 0.0320. The Morgan fingerprint density at radius 2 is 1.94 bits per heavy atom. The number of nitrogens with one attached hydrogen (secondary N) is 2. The predicted octanol–water partition coefficient (Wildman–Crippen LogP) is 2.22. The van der Waals surface area contributed by atoms with Gasteiger partial charge in [-0.3, -0.25) is 4.79 Å². The molecule has 0 atom stereocenters. The van der Waals surface area contributed by atoms with Gasteiger partial charge in [-0.1, -0.05) is 17.7 Å². The largest absolute Gasteiger partial charge is 0.332 e. The van der Waals surface area contributed by atoms with Crippen molar-refractivity contribution in [2.75, 3.05) is 5.32 Å². The van der Waals surface area contributed by atoms with E-state index in [1.165, 1.54) is 5.56 Å². The van der Waals surface area contributed by atoms with Crippen LogP contribution in [-0.2, 0) is 4.79 Å². The number of carbonyl (C=O) groups is 1. The van der Waals surface area contributed by atoms with Crippen LogP contribution in [0.15, 0.2) is 24.3 Å². The molecule has 1 aromatic rings. The number of rotatable bonds is 2. The molecule has 1 aliphatic rings. The Morgan fingerprint density at radius 3 is 2.50 bits per heavy atom. The van der Waals surface area contributed by atoms with Gasteiger partial charge in [0, 0.05) is 11.6 Å². The molecule has 0 unspecified atom stereocenters. The van der Waals surface area contributed by atoms with E-state index in [0.717, 1.165) is 18.5 Å². The average molecular weight is 234 g/mol. The summed E-state index contributed by atoms with van der Waals surface area (Å²) in [6, 6.07) is 7.86. The third-order valence-electron chi connectivity index (χ3n) is 2.49. The number of anilines is 1. The van der Waals surface area contributed by atoms with Crippen LogP contribution in [0.3, 0.4) is 0 Å². The summed E-state index contributed by atoms with van der Waals surface area (Å²) in [5.41, 5.74) is 2.09. The van der Waals surface area contributed by atoms with E-state index >= 15 is 0 Å². The van der Waals surface area contributed by atoms with E-state index in [1.54, 1.807) is 0 Å². The van der Waals surface area contributed by atoms with Crippen molar-refractivity contribution in [2.24, 2.45) is 5.92 Å². The Morgan fingerprint density at radius 1 is 1.31 bits per heavy atom. The van der Waals surface area contributed by atoms with E-state index in [2.05, 4.69) is 10.6 Å². The second-order valence-electron chi connectivity index (χ2n) is 4.08. The zero-order chi connectivity index (χ0) is 11.5.